The molecule has 0 saturated heterocycles. The van der Waals surface area contributed by atoms with Crippen LogP contribution < -0.4 is 0 Å². The van der Waals surface area contributed by atoms with Gasteiger partial charge in [-0.3, -0.25) is 4.79 Å². The third kappa shape index (κ3) is 2.98. The molecule has 0 aliphatic carbocycles. The molecule has 6 heteroatoms. The second-order valence-corrected chi connectivity index (χ2v) is 3.72. The number of rotatable bonds is 4. The highest BCUT2D eigenvalue weighted by Gasteiger charge is 2.07. The number of carbonyl (C=O) groups is 1. The maximum absolute atomic E-state index is 12.7. The second-order valence-electron chi connectivity index (χ2n) is 3.72. The van der Waals surface area contributed by atoms with Gasteiger partial charge in [0, 0.05) is 6.42 Å². The molecule has 1 aromatic carbocycles. The van der Waals surface area contributed by atoms with E-state index in [0.717, 1.165) is 5.56 Å². The van der Waals surface area contributed by atoms with Gasteiger partial charge in [0.25, 0.3) is 5.82 Å². The molecule has 0 fully saturated rings. The Hall–Kier alpha value is -2.55. The average molecular weight is 244 g/mol. The summed E-state index contributed by atoms with van der Waals surface area (Å²) in [5.74, 6) is -0.387. The fourth-order valence-corrected chi connectivity index (χ4v) is 1.49. The number of hydrogen-bond donors (Lipinski definition) is 0. The van der Waals surface area contributed by atoms with Gasteiger partial charge in [0.2, 0.25) is 0 Å². The van der Waals surface area contributed by atoms with Crippen molar-refractivity contribution >= 4 is 5.78 Å². The van der Waals surface area contributed by atoms with Crippen LogP contribution in [0.4, 0.5) is 4.39 Å². The lowest BCUT2D eigenvalue weighted by molar-refractivity contribution is -0.119. The van der Waals surface area contributed by atoms with Crippen LogP contribution in [0.15, 0.2) is 30.6 Å². The van der Waals surface area contributed by atoms with E-state index in [-0.39, 0.29) is 30.4 Å². The Balaban J connectivity index is 1.96. The van der Waals surface area contributed by atoms with Crippen molar-refractivity contribution in [3.8, 4) is 6.07 Å². The Morgan fingerprint density at radius 2 is 2.11 bits per heavy atom. The maximum atomic E-state index is 12.7. The van der Waals surface area contributed by atoms with Crippen molar-refractivity contribution < 1.29 is 9.18 Å². The summed E-state index contributed by atoms with van der Waals surface area (Å²) >= 11 is 0. The highest BCUT2D eigenvalue weighted by Crippen LogP contribution is 2.04. The van der Waals surface area contributed by atoms with Gasteiger partial charge in [0.1, 0.15) is 24.8 Å². The van der Waals surface area contributed by atoms with Crippen molar-refractivity contribution in [1.29, 1.82) is 5.26 Å². The molecule has 1 heterocycles. The Morgan fingerprint density at radius 1 is 1.39 bits per heavy atom. The first-order chi connectivity index (χ1) is 8.67. The summed E-state index contributed by atoms with van der Waals surface area (Å²) in [6.45, 7) is 0.0477. The van der Waals surface area contributed by atoms with Crippen LogP contribution in [-0.2, 0) is 17.8 Å². The van der Waals surface area contributed by atoms with Crippen molar-refractivity contribution in [1.82, 2.24) is 14.8 Å². The molecule has 1 aromatic heterocycles. The SMILES string of the molecule is N#Cc1ncn(CC(=O)Cc2ccc(F)cc2)n1. The van der Waals surface area contributed by atoms with Crippen LogP contribution in [0.2, 0.25) is 0 Å². The number of aromatic nitrogens is 3. The third-order valence-electron chi connectivity index (χ3n) is 2.29. The zero-order valence-electron chi connectivity index (χ0n) is 9.38. The van der Waals surface area contributed by atoms with E-state index < -0.39 is 0 Å². The molecule has 5 nitrogen and oxygen atoms in total. The lowest BCUT2D eigenvalue weighted by Gasteiger charge is -2.01. The minimum Gasteiger partial charge on any atom is -0.297 e. The molecule has 18 heavy (non-hydrogen) atoms. The smallest absolute Gasteiger partial charge is 0.252 e. The van der Waals surface area contributed by atoms with Gasteiger partial charge in [-0.05, 0) is 17.7 Å². The first-order valence-corrected chi connectivity index (χ1v) is 5.23. The summed E-state index contributed by atoms with van der Waals surface area (Å²) in [4.78, 5) is 15.4. The first-order valence-electron chi connectivity index (χ1n) is 5.23. The van der Waals surface area contributed by atoms with Crippen LogP contribution in [0.1, 0.15) is 11.4 Å². The van der Waals surface area contributed by atoms with Gasteiger partial charge in [0.15, 0.2) is 5.78 Å². The number of benzene rings is 1. The second kappa shape index (κ2) is 5.19. The van der Waals surface area contributed by atoms with E-state index in [9.17, 15) is 9.18 Å². The highest BCUT2D eigenvalue weighted by atomic mass is 19.1. The first kappa shape index (κ1) is 11.9. The average Bonchev–Trinajstić information content (AvgIpc) is 2.79. The monoisotopic (exact) mass is 244 g/mol. The fraction of sp³-hybridized carbons (Fsp3) is 0.167. The molecule has 0 aliphatic heterocycles. The zero-order valence-corrected chi connectivity index (χ0v) is 9.38. The van der Waals surface area contributed by atoms with Crippen molar-refractivity contribution in [3.63, 3.8) is 0 Å². The number of carbonyl (C=O) groups excluding carboxylic acids is 1. The summed E-state index contributed by atoms with van der Waals surface area (Å²) in [6, 6.07) is 7.53. The number of nitriles is 1. The van der Waals surface area contributed by atoms with E-state index in [0.29, 0.717) is 0 Å². The van der Waals surface area contributed by atoms with Gasteiger partial charge in [0.05, 0.1) is 0 Å². The van der Waals surface area contributed by atoms with E-state index in [1.165, 1.54) is 23.1 Å². The van der Waals surface area contributed by atoms with E-state index in [1.807, 2.05) is 0 Å². The lowest BCUT2D eigenvalue weighted by atomic mass is 10.1. The van der Waals surface area contributed by atoms with E-state index in [2.05, 4.69) is 10.1 Å². The Kier molecular flexibility index (Phi) is 3.44. The summed E-state index contributed by atoms with van der Waals surface area (Å²) in [5.41, 5.74) is 0.738. The number of ketones is 1. The summed E-state index contributed by atoms with van der Waals surface area (Å²) in [5, 5.41) is 12.3. The van der Waals surface area contributed by atoms with Crippen molar-refractivity contribution in [2.75, 3.05) is 0 Å². The molecular weight excluding hydrogens is 235 g/mol. The Bertz CT molecular complexity index is 597. The van der Waals surface area contributed by atoms with Gasteiger partial charge >= 0.3 is 0 Å². The third-order valence-corrected chi connectivity index (χ3v) is 2.29. The molecule has 0 saturated carbocycles. The zero-order chi connectivity index (χ0) is 13.0. The van der Waals surface area contributed by atoms with Crippen LogP contribution in [0.25, 0.3) is 0 Å². The molecule has 0 atom stereocenters. The van der Waals surface area contributed by atoms with Crippen LogP contribution in [-0.4, -0.2) is 20.5 Å². The van der Waals surface area contributed by atoms with E-state index in [1.54, 1.807) is 18.2 Å². The molecule has 0 N–H and O–H groups in total. The lowest BCUT2D eigenvalue weighted by Crippen LogP contribution is -2.13. The largest absolute Gasteiger partial charge is 0.297 e. The van der Waals surface area contributed by atoms with E-state index >= 15 is 0 Å². The van der Waals surface area contributed by atoms with Gasteiger partial charge in [-0.1, -0.05) is 12.1 Å². The van der Waals surface area contributed by atoms with Crippen LogP contribution >= 0.6 is 0 Å². The molecule has 0 bridgehead atoms. The quantitative estimate of drug-likeness (QED) is 0.807. The molecule has 90 valence electrons. The van der Waals surface area contributed by atoms with Crippen LogP contribution in [0, 0.1) is 17.1 Å². The summed E-state index contributed by atoms with van der Waals surface area (Å²) < 4.78 is 14.0. The van der Waals surface area contributed by atoms with Crippen molar-refractivity contribution in [2.24, 2.45) is 0 Å². The molecule has 0 radical (unpaired) electrons. The molecule has 0 aliphatic rings. The summed E-state index contributed by atoms with van der Waals surface area (Å²) in [7, 11) is 0. The van der Waals surface area contributed by atoms with Gasteiger partial charge < -0.3 is 0 Å². The highest BCUT2D eigenvalue weighted by molar-refractivity contribution is 5.80. The Morgan fingerprint density at radius 3 is 2.72 bits per heavy atom. The normalized spacial score (nSPS) is 10.0. The molecule has 0 spiro atoms. The molecular formula is C12H9FN4O. The minimum atomic E-state index is -0.332. The maximum Gasteiger partial charge on any atom is 0.252 e. The Labute approximate surface area is 102 Å². The minimum absolute atomic E-state index is 0.0320. The number of nitrogens with zero attached hydrogens (tertiary/aromatic N) is 4. The van der Waals surface area contributed by atoms with Crippen LogP contribution in [0.3, 0.4) is 0 Å². The van der Waals surface area contributed by atoms with Crippen molar-refractivity contribution in [3.05, 3.63) is 47.8 Å². The predicted molar refractivity (Wildman–Crippen MR) is 59.8 cm³/mol. The number of halogens is 1. The molecule has 0 unspecified atom stereocenters. The van der Waals surface area contributed by atoms with Crippen molar-refractivity contribution in [2.45, 2.75) is 13.0 Å². The molecule has 2 rings (SSSR count). The van der Waals surface area contributed by atoms with Gasteiger partial charge in [-0.25, -0.2) is 14.1 Å². The van der Waals surface area contributed by atoms with Gasteiger partial charge in [-0.2, -0.15) is 5.26 Å². The number of Topliss-reactive ketones (excluding diaryl/α,β-unsaturated/α-hetero) is 1. The van der Waals surface area contributed by atoms with E-state index in [4.69, 9.17) is 5.26 Å². The number of hydrogen-bond acceptors (Lipinski definition) is 4. The summed E-state index contributed by atoms with van der Waals surface area (Å²) in [6.07, 6.45) is 1.53. The van der Waals surface area contributed by atoms with Crippen LogP contribution in [0.5, 0.6) is 0 Å². The predicted octanol–water partition coefficient (Wildman–Crippen LogP) is 1.10. The molecule has 0 amide bonds. The topological polar surface area (TPSA) is 71.6 Å². The molecule has 2 aromatic rings. The van der Waals surface area contributed by atoms with Gasteiger partial charge in [-0.15, -0.1) is 5.10 Å². The fourth-order valence-electron chi connectivity index (χ4n) is 1.49. The standard InChI is InChI=1S/C12H9FN4O/c13-10-3-1-9(2-4-10)5-11(18)7-17-8-15-12(6-14)16-17/h1-4,8H,5,7H2.